The van der Waals surface area contributed by atoms with E-state index >= 15 is 0 Å². The van der Waals surface area contributed by atoms with Crippen LogP contribution < -0.4 is 37.2 Å². The van der Waals surface area contributed by atoms with Crippen LogP contribution in [-0.4, -0.2) is 150 Å². The van der Waals surface area contributed by atoms with Gasteiger partial charge in [-0.25, -0.2) is 19.2 Å². The van der Waals surface area contributed by atoms with Crippen LogP contribution in [0.1, 0.15) is 107 Å². The van der Waals surface area contributed by atoms with E-state index in [0.29, 0.717) is 65.0 Å². The lowest BCUT2D eigenvalue weighted by Gasteiger charge is -2.34. The van der Waals surface area contributed by atoms with E-state index in [-0.39, 0.29) is 89.2 Å². The average Bonchev–Trinajstić information content (AvgIpc) is 3.20. The second-order valence-electron chi connectivity index (χ2n) is 18.6. The third kappa shape index (κ3) is 34.2. The van der Waals surface area contributed by atoms with E-state index in [1.165, 1.54) is 0 Å². The number of carbonyl (C=O) groups is 7. The molecular weight excluding hydrogens is 863 g/mol. The summed E-state index contributed by atoms with van der Waals surface area (Å²) in [5, 5.41) is 19.1. The first kappa shape index (κ1) is 58.9. The number of amides is 7. The first-order chi connectivity index (χ1) is 31.0. The van der Waals surface area contributed by atoms with Gasteiger partial charge in [0.15, 0.2) is 0 Å². The molecule has 7 amide bonds. The molecule has 0 aliphatic heterocycles. The fourth-order valence-corrected chi connectivity index (χ4v) is 5.45. The van der Waals surface area contributed by atoms with E-state index in [0.717, 1.165) is 0 Å². The molecule has 1 aliphatic rings. The Morgan fingerprint density at radius 1 is 0.485 bits per heavy atom. The molecule has 0 aromatic carbocycles. The Morgan fingerprint density at radius 2 is 0.833 bits per heavy atom. The van der Waals surface area contributed by atoms with Crippen molar-refractivity contribution in [3.05, 3.63) is 24.3 Å². The summed E-state index contributed by atoms with van der Waals surface area (Å²) in [6, 6.07) is 0. The molecule has 1 atom stereocenters. The predicted octanol–water partition coefficient (Wildman–Crippen LogP) is 3.90. The normalized spacial score (nSPS) is 13.7. The van der Waals surface area contributed by atoms with E-state index in [1.807, 2.05) is 24.3 Å². The molecule has 0 spiro atoms. The number of hydrogen-bond donors (Lipinski definition) is 7. The van der Waals surface area contributed by atoms with Crippen molar-refractivity contribution in [1.29, 1.82) is 0 Å². The fourth-order valence-electron chi connectivity index (χ4n) is 5.45. The van der Waals surface area contributed by atoms with Gasteiger partial charge >= 0.3 is 24.4 Å². The third-order valence-electron chi connectivity index (χ3n) is 8.45. The van der Waals surface area contributed by atoms with Crippen molar-refractivity contribution in [3.8, 4) is 0 Å². The highest BCUT2D eigenvalue weighted by atomic mass is 16.6. The first-order valence-electron chi connectivity index (χ1n) is 22.7. The van der Waals surface area contributed by atoms with Crippen LogP contribution >= 0.6 is 0 Å². The number of nitrogens with one attached hydrogen (secondary N) is 7. The molecule has 378 valence electrons. The van der Waals surface area contributed by atoms with Gasteiger partial charge in [0.05, 0.1) is 46.2 Å². The molecule has 0 saturated heterocycles. The monoisotopic (exact) mass is 942 g/mol. The van der Waals surface area contributed by atoms with Gasteiger partial charge in [-0.2, -0.15) is 0 Å². The van der Waals surface area contributed by atoms with E-state index < -0.39 is 46.7 Å². The molecule has 0 fully saturated rings. The quantitative estimate of drug-likeness (QED) is 0.0398. The van der Waals surface area contributed by atoms with Crippen molar-refractivity contribution < 1.29 is 66.7 Å². The van der Waals surface area contributed by atoms with Gasteiger partial charge < -0.3 is 70.4 Å². The molecule has 1 rings (SSSR count). The van der Waals surface area contributed by atoms with E-state index in [4.69, 9.17) is 33.2 Å². The first-order valence-corrected chi connectivity index (χ1v) is 22.7. The zero-order chi connectivity index (χ0) is 49.5. The van der Waals surface area contributed by atoms with E-state index in [2.05, 4.69) is 37.2 Å². The average molecular weight is 942 g/mol. The van der Waals surface area contributed by atoms with Gasteiger partial charge in [0, 0.05) is 64.4 Å². The minimum atomic E-state index is -1.39. The van der Waals surface area contributed by atoms with Gasteiger partial charge in [-0.1, -0.05) is 24.3 Å². The molecule has 0 radical (unpaired) electrons. The second kappa shape index (κ2) is 31.7. The molecule has 1 aliphatic carbocycles. The van der Waals surface area contributed by atoms with Crippen LogP contribution in [0.4, 0.5) is 19.2 Å². The molecule has 21 heteroatoms. The third-order valence-corrected chi connectivity index (χ3v) is 8.45. The summed E-state index contributed by atoms with van der Waals surface area (Å²) in [6.45, 7) is 17.0. The van der Waals surface area contributed by atoms with Crippen LogP contribution in [-0.2, 0) is 47.5 Å². The van der Waals surface area contributed by atoms with Gasteiger partial charge in [-0.3, -0.25) is 14.4 Å². The van der Waals surface area contributed by atoms with Crippen LogP contribution in [0.5, 0.6) is 0 Å². The maximum atomic E-state index is 13.3. The highest BCUT2D eigenvalue weighted by Crippen LogP contribution is 2.15. The Bertz CT molecular complexity index is 1410. The predicted molar refractivity (Wildman–Crippen MR) is 245 cm³/mol. The molecule has 21 nitrogen and oxygen atoms in total. The molecule has 1 unspecified atom stereocenters. The highest BCUT2D eigenvalue weighted by Gasteiger charge is 2.35. The molecule has 0 saturated carbocycles. The lowest BCUT2D eigenvalue weighted by molar-refractivity contribution is -0.122. The number of allylic oxidation sites excluding steroid dienone is 3. The number of carbonyl (C=O) groups excluding carboxylic acids is 7. The van der Waals surface area contributed by atoms with Gasteiger partial charge in [-0.15, -0.1) is 0 Å². The number of alkyl carbamates (subject to hydrolysis) is 4. The molecule has 0 heterocycles. The standard InChI is InChI=1S/C45H79N7O14/c1-42(2,3)64-38(56)49-24-13-21-46-35(53)18-27-60-31-45(52-41(59)63-30-34-16-11-10-12-17-34,32-61-28-19-36(54)47-22-14-25-50-39(57)65-43(4,5)6)33-62-29-20-37(55)48-23-15-26-51-40(58)66-44(7,8)9/h10-12,16,34H,13-15,17-33H2,1-9H3,(H,46,53)(H,47,54)(H,48,55)(H,49,56)(H,50,57)(H,51,58)(H,52,59). The molecule has 0 aromatic heterocycles. The van der Waals surface area contributed by atoms with Crippen molar-refractivity contribution in [1.82, 2.24) is 37.2 Å². The van der Waals surface area contributed by atoms with Crippen LogP contribution in [0.25, 0.3) is 0 Å². The summed E-state index contributed by atoms with van der Waals surface area (Å²) in [7, 11) is 0. The van der Waals surface area contributed by atoms with Crippen LogP contribution in [0.3, 0.4) is 0 Å². The lowest BCUT2D eigenvalue weighted by Crippen LogP contribution is -2.59. The van der Waals surface area contributed by atoms with Gasteiger partial charge in [0.2, 0.25) is 17.7 Å². The number of hydrogen-bond acceptors (Lipinski definition) is 14. The van der Waals surface area contributed by atoms with Crippen molar-refractivity contribution in [2.75, 3.05) is 85.5 Å². The smallest absolute Gasteiger partial charge is 0.407 e. The van der Waals surface area contributed by atoms with Crippen LogP contribution in [0, 0.1) is 5.92 Å². The summed E-state index contributed by atoms with van der Waals surface area (Å²) in [4.78, 5) is 86.8. The van der Waals surface area contributed by atoms with Gasteiger partial charge in [0.1, 0.15) is 22.3 Å². The van der Waals surface area contributed by atoms with Crippen molar-refractivity contribution >= 4 is 42.1 Å². The lowest BCUT2D eigenvalue weighted by atomic mass is 10.0. The minimum Gasteiger partial charge on any atom is -0.449 e. The second-order valence-corrected chi connectivity index (χ2v) is 18.6. The minimum absolute atomic E-state index is 0.0236. The van der Waals surface area contributed by atoms with Crippen molar-refractivity contribution in [2.24, 2.45) is 5.92 Å². The van der Waals surface area contributed by atoms with Crippen molar-refractivity contribution in [3.63, 3.8) is 0 Å². The van der Waals surface area contributed by atoms with Crippen LogP contribution in [0.2, 0.25) is 0 Å². The Morgan fingerprint density at radius 3 is 1.15 bits per heavy atom. The Hall–Kier alpha value is -5.15. The molecular formula is C45H79N7O14. The zero-order valence-electron chi connectivity index (χ0n) is 40.7. The van der Waals surface area contributed by atoms with Crippen molar-refractivity contribution in [2.45, 2.75) is 130 Å². The van der Waals surface area contributed by atoms with Gasteiger partial charge in [-0.05, 0) is 88.0 Å². The van der Waals surface area contributed by atoms with Crippen LogP contribution in [0.15, 0.2) is 24.3 Å². The Labute approximate surface area is 390 Å². The summed E-state index contributed by atoms with van der Waals surface area (Å²) < 4.78 is 39.0. The fraction of sp³-hybridized carbons (Fsp3) is 0.756. The molecule has 0 bridgehead atoms. The summed E-state index contributed by atoms with van der Waals surface area (Å²) in [5.74, 6) is -0.925. The summed E-state index contributed by atoms with van der Waals surface area (Å²) in [5.41, 5.74) is -3.27. The Kier molecular flexibility index (Phi) is 28.3. The maximum Gasteiger partial charge on any atom is 0.407 e. The molecule has 7 N–H and O–H groups in total. The van der Waals surface area contributed by atoms with Gasteiger partial charge in [0.25, 0.3) is 0 Å². The van der Waals surface area contributed by atoms with E-state index in [1.54, 1.807) is 62.3 Å². The number of ether oxygens (including phenoxy) is 7. The maximum absolute atomic E-state index is 13.3. The zero-order valence-corrected chi connectivity index (χ0v) is 40.7. The SMILES string of the molecule is CC(C)(C)OC(=O)NCCCNC(=O)CCOCC(COCCC(=O)NCCCNC(=O)OC(C)(C)C)(COCCC(=O)NCCCNC(=O)OC(C)(C)C)NC(=O)OCC1C=CC=CC1. The highest BCUT2D eigenvalue weighted by molar-refractivity contribution is 5.77. The largest absolute Gasteiger partial charge is 0.449 e. The summed E-state index contributed by atoms with van der Waals surface area (Å²) in [6.07, 6.45) is 7.29. The molecule has 66 heavy (non-hydrogen) atoms. The molecule has 0 aromatic rings. The Balaban J connectivity index is 2.88. The topological polar surface area (TPSA) is 268 Å². The summed E-state index contributed by atoms with van der Waals surface area (Å²) >= 11 is 0. The van der Waals surface area contributed by atoms with E-state index in [9.17, 15) is 33.6 Å². The number of rotatable bonds is 30.